The summed E-state index contributed by atoms with van der Waals surface area (Å²) in [5.74, 6) is 1.49. The first kappa shape index (κ1) is 28.3. The minimum atomic E-state index is -0.548. The number of carbonyl (C=O) groups is 1. The number of carbonyl (C=O) groups excluding carboxylic acids is 1. The maximum atomic E-state index is 12.6. The molecular formula is C32H27N3O6S. The van der Waals surface area contributed by atoms with Crippen molar-refractivity contribution in [2.75, 3.05) is 26.6 Å². The molecular weight excluding hydrogens is 554 g/mol. The predicted molar refractivity (Wildman–Crippen MR) is 164 cm³/mol. The lowest BCUT2D eigenvalue weighted by atomic mass is 10.1. The average Bonchev–Trinajstić information content (AvgIpc) is 3.43. The zero-order chi connectivity index (χ0) is 29.5. The van der Waals surface area contributed by atoms with Gasteiger partial charge in [-0.3, -0.25) is 10.1 Å². The highest BCUT2D eigenvalue weighted by atomic mass is 32.2. The number of anilines is 1. The van der Waals surface area contributed by atoms with E-state index in [-0.39, 0.29) is 11.2 Å². The summed E-state index contributed by atoms with van der Waals surface area (Å²) in [6.07, 6.45) is -0.548. The molecule has 9 nitrogen and oxygen atoms in total. The van der Waals surface area contributed by atoms with Gasteiger partial charge in [-0.15, -0.1) is 0 Å². The third-order valence-corrected chi connectivity index (χ3v) is 7.14. The summed E-state index contributed by atoms with van der Waals surface area (Å²) >= 11 is 1.67. The van der Waals surface area contributed by atoms with Crippen LogP contribution in [0.25, 0.3) is 33.3 Å². The molecule has 0 aliphatic rings. The van der Waals surface area contributed by atoms with E-state index in [0.29, 0.717) is 28.4 Å². The number of aromatic amines is 1. The molecule has 0 spiro atoms. The van der Waals surface area contributed by atoms with Gasteiger partial charge in [-0.1, -0.05) is 66.4 Å². The zero-order valence-corrected chi connectivity index (χ0v) is 23.9. The Morgan fingerprint density at radius 1 is 0.857 bits per heavy atom. The smallest absolute Gasteiger partial charge is 0.413 e. The second-order valence-electron chi connectivity index (χ2n) is 8.79. The van der Waals surface area contributed by atoms with Gasteiger partial charge in [0.15, 0.2) is 17.1 Å². The number of aromatic nitrogens is 2. The second kappa shape index (κ2) is 13.0. The van der Waals surface area contributed by atoms with E-state index in [0.717, 1.165) is 21.5 Å². The quantitative estimate of drug-likeness (QED) is 0.209. The monoisotopic (exact) mass is 581 g/mol. The zero-order valence-electron chi connectivity index (χ0n) is 23.0. The van der Waals surface area contributed by atoms with Crippen LogP contribution in [0.15, 0.2) is 116 Å². The molecule has 6 aromatic rings. The van der Waals surface area contributed by atoms with Gasteiger partial charge in [0.1, 0.15) is 0 Å². The van der Waals surface area contributed by atoms with Crippen LogP contribution in [0, 0.1) is 0 Å². The van der Waals surface area contributed by atoms with Crippen LogP contribution in [0.3, 0.4) is 0 Å². The predicted octanol–water partition coefficient (Wildman–Crippen LogP) is 7.37. The minimum Gasteiger partial charge on any atom is -0.493 e. The molecule has 0 atom stereocenters. The Hall–Kier alpha value is -5.22. The first-order valence-electron chi connectivity index (χ1n) is 12.8. The van der Waals surface area contributed by atoms with Gasteiger partial charge in [-0.2, -0.15) is 0 Å². The van der Waals surface area contributed by atoms with Crippen LogP contribution in [0.1, 0.15) is 0 Å². The molecule has 2 aromatic heterocycles. The number of ether oxygens (including phenoxy) is 3. The number of methoxy groups -OCH3 is 3. The Balaban J connectivity index is 0.000000168. The number of para-hydroxylation sites is 1. The molecule has 212 valence electrons. The summed E-state index contributed by atoms with van der Waals surface area (Å²) < 4.78 is 21.0. The molecule has 0 bridgehead atoms. The number of nitrogens with zero attached hydrogens (tertiary/aromatic N) is 1. The first-order valence-corrected chi connectivity index (χ1v) is 13.6. The maximum Gasteiger partial charge on any atom is 0.413 e. The average molecular weight is 582 g/mol. The van der Waals surface area contributed by atoms with E-state index < -0.39 is 6.09 Å². The van der Waals surface area contributed by atoms with Gasteiger partial charge in [0.05, 0.1) is 37.7 Å². The molecule has 0 fully saturated rings. The van der Waals surface area contributed by atoms with E-state index in [4.69, 9.17) is 13.9 Å². The molecule has 6 rings (SSSR count). The van der Waals surface area contributed by atoms with Crippen molar-refractivity contribution in [1.82, 2.24) is 9.97 Å². The Kier molecular flexibility index (Phi) is 8.74. The summed E-state index contributed by atoms with van der Waals surface area (Å²) in [4.78, 5) is 33.3. The summed E-state index contributed by atoms with van der Waals surface area (Å²) in [6, 6.07) is 30.6. The van der Waals surface area contributed by atoms with Crippen LogP contribution in [0.5, 0.6) is 11.5 Å². The number of hydrogen-bond acceptors (Lipinski definition) is 8. The molecule has 10 heteroatoms. The van der Waals surface area contributed by atoms with Gasteiger partial charge < -0.3 is 23.6 Å². The van der Waals surface area contributed by atoms with Gasteiger partial charge in [0, 0.05) is 15.4 Å². The van der Waals surface area contributed by atoms with E-state index in [9.17, 15) is 9.59 Å². The molecule has 2 N–H and O–H groups in total. The normalized spacial score (nSPS) is 10.5. The van der Waals surface area contributed by atoms with Crippen molar-refractivity contribution < 1.29 is 23.4 Å². The lowest BCUT2D eigenvalue weighted by molar-refractivity contribution is 0.186. The highest BCUT2D eigenvalue weighted by Gasteiger charge is 2.18. The molecule has 0 aliphatic carbocycles. The van der Waals surface area contributed by atoms with E-state index in [1.165, 1.54) is 19.1 Å². The standard InChI is InChI=1S/C17H14O4.C15H13N3O2S/c1-19-13-10-6-9-12-14(18)17(20-2)15(21-16(12)13)11-7-4-3-5-8-11;1-20-15(19)18-14-16-12-8-7-11(9-13(12)17-14)21-10-5-3-2-4-6-10/h3-10H,1-2H3;2-9H,1H3,(H2,16,17,18,19). The van der Waals surface area contributed by atoms with E-state index in [2.05, 4.69) is 32.2 Å². The van der Waals surface area contributed by atoms with Crippen molar-refractivity contribution in [2.24, 2.45) is 0 Å². The summed E-state index contributed by atoms with van der Waals surface area (Å²) in [6.45, 7) is 0. The number of nitrogens with one attached hydrogen (secondary N) is 2. The fraction of sp³-hybridized carbons (Fsp3) is 0.0938. The topological polar surface area (TPSA) is 116 Å². The maximum absolute atomic E-state index is 12.6. The highest BCUT2D eigenvalue weighted by molar-refractivity contribution is 7.99. The molecule has 0 saturated heterocycles. The van der Waals surface area contributed by atoms with Gasteiger partial charge in [0.25, 0.3) is 0 Å². The lowest BCUT2D eigenvalue weighted by Crippen LogP contribution is -2.11. The van der Waals surface area contributed by atoms with Crippen LogP contribution >= 0.6 is 11.8 Å². The Labute approximate surface area is 245 Å². The second-order valence-corrected chi connectivity index (χ2v) is 9.94. The van der Waals surface area contributed by atoms with Crippen LogP contribution in [0.4, 0.5) is 10.7 Å². The molecule has 42 heavy (non-hydrogen) atoms. The lowest BCUT2D eigenvalue weighted by Gasteiger charge is -2.10. The van der Waals surface area contributed by atoms with Crippen LogP contribution < -0.4 is 20.2 Å². The molecule has 0 aliphatic heterocycles. The number of hydrogen-bond donors (Lipinski definition) is 2. The van der Waals surface area contributed by atoms with Crippen LogP contribution in [-0.2, 0) is 4.74 Å². The van der Waals surface area contributed by atoms with Gasteiger partial charge in [-0.05, 0) is 42.5 Å². The number of H-pyrrole nitrogens is 1. The molecule has 1 amide bonds. The van der Waals surface area contributed by atoms with Gasteiger partial charge >= 0.3 is 6.09 Å². The van der Waals surface area contributed by atoms with Gasteiger partial charge in [0.2, 0.25) is 17.1 Å². The van der Waals surface area contributed by atoms with Crippen LogP contribution in [0.2, 0.25) is 0 Å². The van der Waals surface area contributed by atoms with Crippen LogP contribution in [-0.4, -0.2) is 37.4 Å². The van der Waals surface area contributed by atoms with Gasteiger partial charge in [-0.25, -0.2) is 9.78 Å². The van der Waals surface area contributed by atoms with Crippen molar-refractivity contribution in [3.8, 4) is 22.8 Å². The van der Waals surface area contributed by atoms with Crippen molar-refractivity contribution in [3.05, 3.63) is 107 Å². The number of amides is 1. The third kappa shape index (κ3) is 6.24. The van der Waals surface area contributed by atoms with E-state index in [1.54, 1.807) is 37.1 Å². The largest absolute Gasteiger partial charge is 0.493 e. The minimum absolute atomic E-state index is 0.196. The molecule has 2 heterocycles. The molecule has 0 saturated carbocycles. The Morgan fingerprint density at radius 3 is 2.29 bits per heavy atom. The summed E-state index contributed by atoms with van der Waals surface area (Å²) in [5.41, 5.74) is 2.64. The fourth-order valence-electron chi connectivity index (χ4n) is 4.18. The third-order valence-electron chi connectivity index (χ3n) is 6.14. The highest BCUT2D eigenvalue weighted by Crippen LogP contribution is 2.34. The number of imidazole rings is 1. The SMILES string of the molecule is COC(=O)Nc1nc2ccc(Sc3ccccc3)cc2[nH]1.COc1c(-c2ccccc2)oc2c(OC)cccc2c1=O. The fourth-order valence-corrected chi connectivity index (χ4v) is 5.06. The summed E-state index contributed by atoms with van der Waals surface area (Å²) in [7, 11) is 4.32. The van der Waals surface area contributed by atoms with Crippen molar-refractivity contribution in [1.29, 1.82) is 0 Å². The number of fused-ring (bicyclic) bond motifs is 2. The van der Waals surface area contributed by atoms with E-state index >= 15 is 0 Å². The first-order chi connectivity index (χ1) is 20.5. The Morgan fingerprint density at radius 2 is 1.60 bits per heavy atom. The molecule has 0 radical (unpaired) electrons. The van der Waals surface area contributed by atoms with Crippen molar-refractivity contribution >= 4 is 45.8 Å². The molecule has 0 unspecified atom stereocenters. The summed E-state index contributed by atoms with van der Waals surface area (Å²) in [5, 5.41) is 2.95. The van der Waals surface area contributed by atoms with E-state index in [1.807, 2.05) is 66.7 Å². The Bertz CT molecular complexity index is 1890. The van der Waals surface area contributed by atoms with Crippen molar-refractivity contribution in [3.63, 3.8) is 0 Å². The number of rotatable bonds is 6. The van der Waals surface area contributed by atoms with Crippen molar-refractivity contribution in [2.45, 2.75) is 9.79 Å². The number of benzene rings is 4. The molecule has 4 aromatic carbocycles.